The first-order valence-electron chi connectivity index (χ1n) is 7.21. The van der Waals surface area contributed by atoms with E-state index in [1.807, 2.05) is 0 Å². The van der Waals surface area contributed by atoms with E-state index < -0.39 is 5.66 Å². The summed E-state index contributed by atoms with van der Waals surface area (Å²) in [5.41, 5.74) is -0.460. The van der Waals surface area contributed by atoms with Crippen LogP contribution in [0.5, 0.6) is 0 Å². The van der Waals surface area contributed by atoms with Crippen molar-refractivity contribution in [3.8, 4) is 12.3 Å². The van der Waals surface area contributed by atoms with Gasteiger partial charge in [-0.15, -0.1) is 17.4 Å². The van der Waals surface area contributed by atoms with Gasteiger partial charge in [0.2, 0.25) is 11.8 Å². The lowest BCUT2D eigenvalue weighted by atomic mass is 10.0. The van der Waals surface area contributed by atoms with Crippen molar-refractivity contribution in [3.05, 3.63) is 0 Å². The molecular formula is C13H18N8O2. The topological polar surface area (TPSA) is 127 Å². The summed E-state index contributed by atoms with van der Waals surface area (Å²) < 4.78 is 0. The highest BCUT2D eigenvalue weighted by Gasteiger charge is 2.39. The van der Waals surface area contributed by atoms with E-state index in [1.165, 1.54) is 4.80 Å². The van der Waals surface area contributed by atoms with Gasteiger partial charge in [0.15, 0.2) is 5.66 Å². The largest absolute Gasteiger partial charge is 0.356 e. The Morgan fingerprint density at radius 3 is 2.65 bits per heavy atom. The Kier molecular flexibility index (Phi) is 5.35. The van der Waals surface area contributed by atoms with Gasteiger partial charge < -0.3 is 5.32 Å². The summed E-state index contributed by atoms with van der Waals surface area (Å²) in [6.45, 7) is 0.233. The van der Waals surface area contributed by atoms with E-state index in [4.69, 9.17) is 6.42 Å². The Hall–Kier alpha value is -2.83. The summed E-state index contributed by atoms with van der Waals surface area (Å²) in [6, 6.07) is 0. The van der Waals surface area contributed by atoms with Crippen LogP contribution < -0.4 is 10.6 Å². The molecule has 0 unspecified atom stereocenters. The van der Waals surface area contributed by atoms with Gasteiger partial charge in [-0.25, -0.2) is 0 Å². The van der Waals surface area contributed by atoms with Crippen molar-refractivity contribution in [1.29, 1.82) is 0 Å². The first kappa shape index (κ1) is 16.5. The number of hydrogen-bond acceptors (Lipinski definition) is 7. The van der Waals surface area contributed by atoms with E-state index >= 15 is 0 Å². The average molecular weight is 318 g/mol. The number of anilines is 1. The lowest BCUT2D eigenvalue weighted by Crippen LogP contribution is -2.28. The van der Waals surface area contributed by atoms with Crippen molar-refractivity contribution in [2.75, 3.05) is 11.9 Å². The zero-order valence-corrected chi connectivity index (χ0v) is 12.8. The minimum absolute atomic E-state index is 0.126. The van der Waals surface area contributed by atoms with Gasteiger partial charge in [-0.3, -0.25) is 14.9 Å². The molecule has 0 aliphatic carbocycles. The molecule has 0 atom stereocenters. The number of tetrazole rings is 1. The molecule has 1 aliphatic rings. The standard InChI is InChI=1S/C13H18N8O2/c1-3-4-7-13(18-19-13)8-5-10(22)14-9-6-11(23)15-12-16-20-21(2)17-12/h1H,4-9H2,2H3,(H,14,22)(H,15,17,23). The third kappa shape index (κ3) is 5.46. The maximum absolute atomic E-state index is 11.7. The van der Waals surface area contributed by atoms with Crippen molar-refractivity contribution < 1.29 is 9.59 Å². The molecular weight excluding hydrogens is 300 g/mol. The van der Waals surface area contributed by atoms with Gasteiger partial charge in [-0.1, -0.05) is 5.10 Å². The predicted molar refractivity (Wildman–Crippen MR) is 79.9 cm³/mol. The number of nitrogens with one attached hydrogen (secondary N) is 2. The molecule has 1 aromatic rings. The van der Waals surface area contributed by atoms with Crippen LogP contribution in [0, 0.1) is 12.3 Å². The van der Waals surface area contributed by atoms with Crippen molar-refractivity contribution in [2.24, 2.45) is 17.3 Å². The molecule has 2 rings (SSSR count). The van der Waals surface area contributed by atoms with E-state index in [0.29, 0.717) is 25.7 Å². The number of nitrogens with zero attached hydrogens (tertiary/aromatic N) is 6. The molecule has 2 amide bonds. The molecule has 0 spiro atoms. The first-order valence-corrected chi connectivity index (χ1v) is 7.21. The number of hydrogen-bond donors (Lipinski definition) is 2. The maximum atomic E-state index is 11.7. The minimum atomic E-state index is -0.460. The molecule has 0 fully saturated rings. The van der Waals surface area contributed by atoms with E-state index in [1.54, 1.807) is 7.05 Å². The summed E-state index contributed by atoms with van der Waals surface area (Å²) >= 11 is 0. The van der Waals surface area contributed by atoms with Crippen LogP contribution in [0.25, 0.3) is 0 Å². The number of carbonyl (C=O) groups is 2. The van der Waals surface area contributed by atoms with Crippen molar-refractivity contribution in [3.63, 3.8) is 0 Å². The number of aromatic nitrogens is 4. The highest BCUT2D eigenvalue weighted by molar-refractivity contribution is 5.89. The second-order valence-corrected chi connectivity index (χ2v) is 5.14. The van der Waals surface area contributed by atoms with Gasteiger partial charge >= 0.3 is 0 Å². The van der Waals surface area contributed by atoms with Crippen LogP contribution in [-0.2, 0) is 16.6 Å². The zero-order valence-electron chi connectivity index (χ0n) is 12.8. The van der Waals surface area contributed by atoms with Crippen LogP contribution in [0.2, 0.25) is 0 Å². The summed E-state index contributed by atoms with van der Waals surface area (Å²) in [6.07, 6.45) is 7.43. The smallest absolute Gasteiger partial charge is 0.270 e. The lowest BCUT2D eigenvalue weighted by molar-refractivity contribution is -0.121. The fraction of sp³-hybridized carbons (Fsp3) is 0.615. The highest BCUT2D eigenvalue weighted by Crippen LogP contribution is 2.37. The van der Waals surface area contributed by atoms with Gasteiger partial charge in [0.05, 0.1) is 7.05 Å². The highest BCUT2D eigenvalue weighted by atomic mass is 16.2. The van der Waals surface area contributed by atoms with Crippen LogP contribution >= 0.6 is 0 Å². The third-order valence-electron chi connectivity index (χ3n) is 3.24. The first-order chi connectivity index (χ1) is 11.0. The van der Waals surface area contributed by atoms with Crippen LogP contribution in [0.15, 0.2) is 10.2 Å². The quantitative estimate of drug-likeness (QED) is 0.620. The fourth-order valence-corrected chi connectivity index (χ4v) is 1.91. The lowest BCUT2D eigenvalue weighted by Gasteiger charge is -2.09. The van der Waals surface area contributed by atoms with Crippen LogP contribution in [0.4, 0.5) is 5.95 Å². The van der Waals surface area contributed by atoms with Gasteiger partial charge in [0.25, 0.3) is 5.95 Å². The van der Waals surface area contributed by atoms with Gasteiger partial charge in [-0.05, 0) is 5.21 Å². The molecule has 10 heteroatoms. The van der Waals surface area contributed by atoms with Crippen molar-refractivity contribution in [2.45, 2.75) is 37.8 Å². The number of amides is 2. The molecule has 0 radical (unpaired) electrons. The molecule has 2 N–H and O–H groups in total. The zero-order chi connectivity index (χ0) is 16.7. The minimum Gasteiger partial charge on any atom is -0.356 e. The Morgan fingerprint density at radius 2 is 2.04 bits per heavy atom. The molecule has 0 bridgehead atoms. The molecule has 10 nitrogen and oxygen atoms in total. The summed E-state index contributed by atoms with van der Waals surface area (Å²) in [7, 11) is 1.59. The second kappa shape index (κ2) is 7.44. The van der Waals surface area contributed by atoms with Gasteiger partial charge in [-0.2, -0.15) is 15.0 Å². The Bertz CT molecular complexity index is 639. The second-order valence-electron chi connectivity index (χ2n) is 5.14. The van der Waals surface area contributed by atoms with Crippen molar-refractivity contribution in [1.82, 2.24) is 25.5 Å². The molecule has 0 saturated carbocycles. The SMILES string of the molecule is C#CCCC1(CCC(=O)NCCC(=O)Nc2nnn(C)n2)N=N1. The Labute approximate surface area is 133 Å². The number of rotatable bonds is 9. The summed E-state index contributed by atoms with van der Waals surface area (Å²) in [5, 5.41) is 24.1. The number of carbonyl (C=O) groups excluding carboxylic acids is 2. The van der Waals surface area contributed by atoms with Crippen LogP contribution in [0.1, 0.15) is 32.1 Å². The average Bonchev–Trinajstić information content (AvgIpc) is 3.18. The van der Waals surface area contributed by atoms with Gasteiger partial charge in [0, 0.05) is 38.6 Å². The molecule has 0 aromatic carbocycles. The van der Waals surface area contributed by atoms with Crippen molar-refractivity contribution >= 4 is 17.8 Å². The van der Waals surface area contributed by atoms with E-state index in [9.17, 15) is 9.59 Å². The molecule has 2 heterocycles. The van der Waals surface area contributed by atoms with E-state index in [2.05, 4.69) is 42.2 Å². The van der Waals surface area contributed by atoms with Crippen LogP contribution in [-0.4, -0.2) is 44.2 Å². The van der Waals surface area contributed by atoms with E-state index in [-0.39, 0.29) is 30.7 Å². The van der Waals surface area contributed by atoms with Crippen LogP contribution in [0.3, 0.4) is 0 Å². The summed E-state index contributed by atoms with van der Waals surface area (Å²) in [5.74, 6) is 2.23. The monoisotopic (exact) mass is 318 g/mol. The normalized spacial score (nSPS) is 14.1. The third-order valence-corrected chi connectivity index (χ3v) is 3.24. The number of terminal acetylenes is 1. The predicted octanol–water partition coefficient (Wildman–Crippen LogP) is 0.0106. The molecule has 0 saturated heterocycles. The summed E-state index contributed by atoms with van der Waals surface area (Å²) in [4.78, 5) is 24.6. The van der Waals surface area contributed by atoms with Gasteiger partial charge in [0.1, 0.15) is 0 Å². The molecule has 1 aliphatic heterocycles. The fourth-order valence-electron chi connectivity index (χ4n) is 1.91. The Balaban J connectivity index is 1.58. The molecule has 1 aromatic heterocycles. The van der Waals surface area contributed by atoms with E-state index in [0.717, 1.165) is 0 Å². The molecule has 23 heavy (non-hydrogen) atoms. The number of aryl methyl sites for hydroxylation is 1. The molecule has 122 valence electrons. The Morgan fingerprint density at radius 1 is 1.26 bits per heavy atom. The maximum Gasteiger partial charge on any atom is 0.270 e.